The third-order valence-corrected chi connectivity index (χ3v) is 8.29. The number of aryl methyl sites for hydroxylation is 1. The van der Waals surface area contributed by atoms with Crippen molar-refractivity contribution in [2.75, 3.05) is 6.54 Å². The highest BCUT2D eigenvalue weighted by molar-refractivity contribution is 7.92. The molecule has 0 fully saturated rings. The molecule has 2 aromatic carbocycles. The molecule has 1 aromatic heterocycles. The number of carboxylic acids is 1. The second kappa shape index (κ2) is 12.3. The number of sulfonamides is 1. The van der Waals surface area contributed by atoms with Crippen molar-refractivity contribution in [3.05, 3.63) is 81.4 Å². The predicted octanol–water partition coefficient (Wildman–Crippen LogP) is 4.89. The Labute approximate surface area is 221 Å². The number of hydrogen-bond donors (Lipinski definition) is 1. The van der Waals surface area contributed by atoms with E-state index in [0.717, 1.165) is 11.1 Å². The second-order valence-corrected chi connectivity index (χ2v) is 11.1. The van der Waals surface area contributed by atoms with Crippen LogP contribution >= 0.6 is 11.6 Å². The summed E-state index contributed by atoms with van der Waals surface area (Å²) in [5, 5.41) is 18.2. The van der Waals surface area contributed by atoms with Crippen LogP contribution in [0.2, 0.25) is 5.02 Å². The molecule has 3 rings (SSSR count). The smallest absolute Gasteiger partial charge is 0.304 e. The number of halogens is 1. The van der Waals surface area contributed by atoms with Gasteiger partial charge in [0.15, 0.2) is 0 Å². The molecule has 0 saturated carbocycles. The Bertz CT molecular complexity index is 1460. The van der Waals surface area contributed by atoms with Crippen molar-refractivity contribution in [1.29, 1.82) is 0 Å². The zero-order valence-corrected chi connectivity index (χ0v) is 22.6. The molecule has 0 aliphatic carbocycles. The Kier molecular flexibility index (Phi) is 9.36. The summed E-state index contributed by atoms with van der Waals surface area (Å²) in [5.41, 5.74) is 3.56. The van der Waals surface area contributed by atoms with E-state index < -0.39 is 21.9 Å². The molecule has 0 radical (unpaired) electrons. The largest absolute Gasteiger partial charge is 0.481 e. The molecule has 37 heavy (non-hydrogen) atoms. The van der Waals surface area contributed by atoms with Crippen LogP contribution in [0.5, 0.6) is 0 Å². The summed E-state index contributed by atoms with van der Waals surface area (Å²) in [4.78, 5) is 15.5. The van der Waals surface area contributed by atoms with Gasteiger partial charge in [-0.1, -0.05) is 41.9 Å². The first kappa shape index (κ1) is 28.2. The van der Waals surface area contributed by atoms with Crippen molar-refractivity contribution in [3.8, 4) is 0 Å². The van der Waals surface area contributed by atoms with Gasteiger partial charge in [-0.05, 0) is 67.1 Å². The molecular formula is C26H30ClN5O4S. The van der Waals surface area contributed by atoms with E-state index in [0.29, 0.717) is 34.6 Å². The van der Waals surface area contributed by atoms with Gasteiger partial charge in [-0.2, -0.15) is 4.31 Å². The number of rotatable bonds is 12. The van der Waals surface area contributed by atoms with Gasteiger partial charge in [0, 0.05) is 37.3 Å². The Morgan fingerprint density at radius 2 is 1.97 bits per heavy atom. The van der Waals surface area contributed by atoms with Crippen molar-refractivity contribution in [1.82, 2.24) is 19.3 Å². The highest BCUT2D eigenvalue weighted by atomic mass is 35.5. The third-order valence-electron chi connectivity index (χ3n) is 5.98. The van der Waals surface area contributed by atoms with Crippen LogP contribution in [0.25, 0.3) is 11.0 Å². The highest BCUT2D eigenvalue weighted by Crippen LogP contribution is 2.33. The lowest BCUT2D eigenvalue weighted by Crippen LogP contribution is -2.32. The fourth-order valence-electron chi connectivity index (χ4n) is 4.06. The SMILES string of the molecule is C=N/C=C\C=C(/C)S(=O)(=O)N(CCC)Cc1cc(C(CC(=O)O)c2ccc3c(c2)nnn3C)ccc1Cl. The van der Waals surface area contributed by atoms with E-state index in [-0.39, 0.29) is 17.9 Å². The van der Waals surface area contributed by atoms with E-state index in [1.807, 2.05) is 25.1 Å². The quantitative estimate of drug-likeness (QED) is 0.257. The minimum Gasteiger partial charge on any atom is -0.481 e. The predicted molar refractivity (Wildman–Crippen MR) is 146 cm³/mol. The van der Waals surface area contributed by atoms with E-state index in [4.69, 9.17) is 11.6 Å². The fourth-order valence-corrected chi connectivity index (χ4v) is 5.63. The van der Waals surface area contributed by atoms with Gasteiger partial charge in [0.25, 0.3) is 0 Å². The molecule has 11 heteroatoms. The summed E-state index contributed by atoms with van der Waals surface area (Å²) < 4.78 is 29.6. The topological polar surface area (TPSA) is 118 Å². The van der Waals surface area contributed by atoms with E-state index >= 15 is 0 Å². The maximum absolute atomic E-state index is 13.3. The molecule has 1 atom stereocenters. The number of benzene rings is 2. The molecule has 0 bridgehead atoms. The lowest BCUT2D eigenvalue weighted by molar-refractivity contribution is -0.137. The van der Waals surface area contributed by atoms with Crippen LogP contribution in [0.3, 0.4) is 0 Å². The molecule has 0 aliphatic heterocycles. The average molecular weight is 544 g/mol. The number of aliphatic carboxylic acids is 1. The lowest BCUT2D eigenvalue weighted by Gasteiger charge is -2.24. The average Bonchev–Trinajstić information content (AvgIpc) is 3.23. The summed E-state index contributed by atoms with van der Waals surface area (Å²) in [5.74, 6) is -1.45. The van der Waals surface area contributed by atoms with Crippen molar-refractivity contribution in [2.24, 2.45) is 12.0 Å². The van der Waals surface area contributed by atoms with Crippen LogP contribution in [0.15, 0.2) is 64.6 Å². The van der Waals surface area contributed by atoms with Gasteiger partial charge in [-0.3, -0.25) is 9.79 Å². The number of hydrogen-bond acceptors (Lipinski definition) is 6. The third kappa shape index (κ3) is 6.71. The molecule has 1 N–H and O–H groups in total. The van der Waals surface area contributed by atoms with E-state index in [9.17, 15) is 18.3 Å². The highest BCUT2D eigenvalue weighted by Gasteiger charge is 2.26. The van der Waals surface area contributed by atoms with Crippen molar-refractivity contribution in [2.45, 2.75) is 39.2 Å². The van der Waals surface area contributed by atoms with Crippen LogP contribution in [-0.2, 0) is 28.4 Å². The first-order chi connectivity index (χ1) is 17.6. The van der Waals surface area contributed by atoms with Crippen LogP contribution in [0.4, 0.5) is 0 Å². The number of fused-ring (bicyclic) bond motifs is 1. The van der Waals surface area contributed by atoms with E-state index in [1.165, 1.54) is 29.6 Å². The van der Waals surface area contributed by atoms with E-state index in [2.05, 4.69) is 22.0 Å². The van der Waals surface area contributed by atoms with Gasteiger partial charge < -0.3 is 5.11 Å². The number of nitrogens with zero attached hydrogens (tertiary/aromatic N) is 5. The minimum absolute atomic E-state index is 0.0421. The second-order valence-electron chi connectivity index (χ2n) is 8.60. The van der Waals surface area contributed by atoms with Gasteiger partial charge in [-0.15, -0.1) is 5.10 Å². The van der Waals surface area contributed by atoms with Crippen LogP contribution in [-0.4, -0.2) is 52.1 Å². The number of allylic oxidation sites excluding steroid dienone is 3. The molecule has 0 aliphatic rings. The molecule has 1 heterocycles. The molecule has 9 nitrogen and oxygen atoms in total. The first-order valence-electron chi connectivity index (χ1n) is 11.7. The molecule has 0 saturated heterocycles. The normalized spacial score (nSPS) is 13.5. The summed E-state index contributed by atoms with van der Waals surface area (Å²) in [6.07, 6.45) is 4.84. The molecule has 1 unspecified atom stereocenters. The van der Waals surface area contributed by atoms with Crippen molar-refractivity contribution < 1.29 is 18.3 Å². The standard InChI is InChI=1S/C26H30ClN5O4S/c1-5-13-32(37(35,36)18(2)7-6-12-28-3)17-21-14-19(8-10-23(21)27)22(16-26(33)34)20-9-11-25-24(15-20)29-30-31(25)4/h6-12,14-15,22H,3,5,13,16-17H2,1-2,4H3,(H,33,34)/b12-6-,18-7+. The Morgan fingerprint density at radius 3 is 2.65 bits per heavy atom. The number of aliphatic imine (C=N–C) groups is 1. The van der Waals surface area contributed by atoms with Gasteiger partial charge in [-0.25, -0.2) is 13.1 Å². The molecular weight excluding hydrogens is 514 g/mol. The van der Waals surface area contributed by atoms with Gasteiger partial charge in [0.1, 0.15) is 5.52 Å². The molecule has 196 valence electrons. The fraction of sp³-hybridized carbons (Fsp3) is 0.308. The number of carboxylic acid groups (broad SMARTS) is 1. The molecule has 0 amide bonds. The lowest BCUT2D eigenvalue weighted by atomic mass is 9.87. The summed E-state index contributed by atoms with van der Waals surface area (Å²) >= 11 is 6.51. The summed E-state index contributed by atoms with van der Waals surface area (Å²) in [6.45, 7) is 7.09. The summed E-state index contributed by atoms with van der Waals surface area (Å²) in [6, 6.07) is 10.8. The van der Waals surface area contributed by atoms with Crippen molar-refractivity contribution in [3.63, 3.8) is 0 Å². The Morgan fingerprint density at radius 1 is 1.27 bits per heavy atom. The zero-order chi connectivity index (χ0) is 27.2. The van der Waals surface area contributed by atoms with Crippen LogP contribution in [0, 0.1) is 0 Å². The van der Waals surface area contributed by atoms with Crippen LogP contribution in [0.1, 0.15) is 49.3 Å². The van der Waals surface area contributed by atoms with Crippen LogP contribution < -0.4 is 0 Å². The summed E-state index contributed by atoms with van der Waals surface area (Å²) in [7, 11) is -1.99. The van der Waals surface area contributed by atoms with Crippen molar-refractivity contribution >= 4 is 45.3 Å². The molecule has 0 spiro atoms. The van der Waals surface area contributed by atoms with Gasteiger partial charge in [0.2, 0.25) is 10.0 Å². The van der Waals surface area contributed by atoms with E-state index in [1.54, 1.807) is 29.9 Å². The first-order valence-corrected chi connectivity index (χ1v) is 13.5. The van der Waals surface area contributed by atoms with Gasteiger partial charge >= 0.3 is 5.97 Å². The maximum atomic E-state index is 13.3. The monoisotopic (exact) mass is 543 g/mol. The molecule has 3 aromatic rings. The maximum Gasteiger partial charge on any atom is 0.304 e. The number of aromatic nitrogens is 3. The Balaban J connectivity index is 2.01. The zero-order valence-electron chi connectivity index (χ0n) is 21.0. The minimum atomic E-state index is -3.77. The van der Waals surface area contributed by atoms with Gasteiger partial charge in [0.05, 0.1) is 16.8 Å². The Hall–Kier alpha value is -3.34. The number of carbonyl (C=O) groups is 1.